The first kappa shape index (κ1) is 13.7. The number of phenols is 1. The first-order chi connectivity index (χ1) is 8.63. The van der Waals surface area contributed by atoms with E-state index in [1.807, 2.05) is 0 Å². The number of nitrogens with two attached hydrogens (primary N) is 1. The highest BCUT2D eigenvalue weighted by molar-refractivity contribution is 7.85. The lowest BCUT2D eigenvalue weighted by molar-refractivity contribution is -0.119. The molecule has 7 heteroatoms. The molecule has 1 unspecified atom stereocenters. The Morgan fingerprint density at radius 3 is 2.58 bits per heavy atom. The molecule has 1 atom stereocenters. The molecule has 1 aromatic rings. The normalized spacial score (nSPS) is 22.1. The van der Waals surface area contributed by atoms with E-state index in [1.165, 1.54) is 19.1 Å². The van der Waals surface area contributed by atoms with Crippen molar-refractivity contribution in [3.05, 3.63) is 22.6 Å². The van der Waals surface area contributed by atoms with Gasteiger partial charge in [-0.3, -0.25) is 9.35 Å². The molecular formula is C12H13NO5S. The van der Waals surface area contributed by atoms with Crippen molar-refractivity contribution in [2.45, 2.75) is 23.8 Å². The second-order valence-corrected chi connectivity index (χ2v) is 5.99. The zero-order valence-corrected chi connectivity index (χ0v) is 10.9. The Kier molecular flexibility index (Phi) is 3.00. The first-order valence-corrected chi connectivity index (χ1v) is 6.91. The third-order valence-corrected chi connectivity index (χ3v) is 4.01. The Bertz CT molecular complexity index is 781. The molecule has 0 fully saturated rings. The van der Waals surface area contributed by atoms with Crippen LogP contribution in [0.5, 0.6) is 5.75 Å². The smallest absolute Gasteiger partial charge is 0.294 e. The second-order valence-electron chi connectivity index (χ2n) is 4.57. The third-order valence-electron chi connectivity index (χ3n) is 3.17. The number of benzene rings is 1. The molecule has 1 aliphatic carbocycles. The minimum Gasteiger partial charge on any atom is -0.507 e. The van der Waals surface area contributed by atoms with Crippen molar-refractivity contribution >= 4 is 28.1 Å². The van der Waals surface area contributed by atoms with E-state index in [-0.39, 0.29) is 18.0 Å². The average molecular weight is 283 g/mol. The van der Waals surface area contributed by atoms with E-state index in [0.717, 1.165) is 6.07 Å². The maximum absolute atomic E-state index is 11.5. The number of carbonyl (C=O) groups excluding carboxylic acids is 1. The van der Waals surface area contributed by atoms with Gasteiger partial charge in [0.2, 0.25) is 0 Å². The Hall–Kier alpha value is -1.70. The quantitative estimate of drug-likeness (QED) is 0.592. The fraction of sp³-hybridized carbons (Fsp3) is 0.250. The van der Waals surface area contributed by atoms with Crippen LogP contribution in [0.4, 0.5) is 0 Å². The Morgan fingerprint density at radius 2 is 2.05 bits per heavy atom. The molecule has 19 heavy (non-hydrogen) atoms. The van der Waals surface area contributed by atoms with E-state index >= 15 is 0 Å². The number of carbonyl (C=O) groups is 1. The Balaban J connectivity index is 2.81. The van der Waals surface area contributed by atoms with Gasteiger partial charge in [0, 0.05) is 11.3 Å². The SMILES string of the molecule is CC(=O)C1(N)C=c2cc(S(=O)(=O)O)cc(O)c2=CC1. The zero-order valence-electron chi connectivity index (χ0n) is 10.1. The molecule has 0 saturated carbocycles. The lowest BCUT2D eigenvalue weighted by Gasteiger charge is -2.23. The van der Waals surface area contributed by atoms with E-state index in [9.17, 15) is 18.3 Å². The fourth-order valence-electron chi connectivity index (χ4n) is 1.98. The number of fused-ring (bicyclic) bond motifs is 1. The summed E-state index contributed by atoms with van der Waals surface area (Å²) in [5.74, 6) is -0.557. The molecule has 4 N–H and O–H groups in total. The van der Waals surface area contributed by atoms with Crippen LogP contribution in [0, 0.1) is 0 Å². The van der Waals surface area contributed by atoms with Gasteiger partial charge in [0.15, 0.2) is 5.78 Å². The molecule has 0 amide bonds. The summed E-state index contributed by atoms with van der Waals surface area (Å²) in [5, 5.41) is 10.5. The minimum absolute atomic E-state index is 0.216. The molecule has 0 heterocycles. The molecule has 2 rings (SSSR count). The highest BCUT2D eigenvalue weighted by atomic mass is 32.2. The van der Waals surface area contributed by atoms with Crippen LogP contribution in [0.3, 0.4) is 0 Å². The van der Waals surface area contributed by atoms with Gasteiger partial charge in [0.25, 0.3) is 10.1 Å². The summed E-state index contributed by atoms with van der Waals surface area (Å²) in [7, 11) is -4.44. The van der Waals surface area contributed by atoms with Gasteiger partial charge in [0.05, 0.1) is 10.4 Å². The maximum atomic E-state index is 11.5. The van der Waals surface area contributed by atoms with Crippen molar-refractivity contribution in [1.82, 2.24) is 0 Å². The lowest BCUT2D eigenvalue weighted by Crippen LogP contribution is -2.49. The van der Waals surface area contributed by atoms with Gasteiger partial charge in [-0.25, -0.2) is 0 Å². The van der Waals surface area contributed by atoms with Crippen LogP contribution < -0.4 is 16.2 Å². The summed E-state index contributed by atoms with van der Waals surface area (Å²) in [4.78, 5) is 11.0. The van der Waals surface area contributed by atoms with Crippen molar-refractivity contribution < 1.29 is 22.9 Å². The largest absolute Gasteiger partial charge is 0.507 e. The Morgan fingerprint density at radius 1 is 1.42 bits per heavy atom. The van der Waals surface area contributed by atoms with Gasteiger partial charge in [-0.1, -0.05) is 6.08 Å². The van der Waals surface area contributed by atoms with Crippen molar-refractivity contribution in [2.24, 2.45) is 5.73 Å². The van der Waals surface area contributed by atoms with Crippen LogP contribution in [-0.4, -0.2) is 29.4 Å². The van der Waals surface area contributed by atoms with Gasteiger partial charge >= 0.3 is 0 Å². The van der Waals surface area contributed by atoms with Crippen molar-refractivity contribution in [1.29, 1.82) is 0 Å². The maximum Gasteiger partial charge on any atom is 0.294 e. The fourth-order valence-corrected chi connectivity index (χ4v) is 2.51. The van der Waals surface area contributed by atoms with Gasteiger partial charge in [-0.2, -0.15) is 8.42 Å². The summed E-state index contributed by atoms with van der Waals surface area (Å²) in [6.07, 6.45) is 3.19. The van der Waals surface area contributed by atoms with Crippen LogP contribution in [0.25, 0.3) is 12.2 Å². The third kappa shape index (κ3) is 2.40. The minimum atomic E-state index is -4.44. The monoisotopic (exact) mass is 283 g/mol. The van der Waals surface area contributed by atoms with Crippen molar-refractivity contribution in [2.75, 3.05) is 0 Å². The lowest BCUT2D eigenvalue weighted by atomic mass is 9.87. The molecule has 1 aromatic carbocycles. The molecule has 0 bridgehead atoms. The number of hydrogen-bond acceptors (Lipinski definition) is 5. The molecular weight excluding hydrogens is 270 g/mol. The number of rotatable bonds is 2. The average Bonchev–Trinajstić information content (AvgIpc) is 2.26. The summed E-state index contributed by atoms with van der Waals surface area (Å²) in [6.45, 7) is 1.34. The highest BCUT2D eigenvalue weighted by Crippen LogP contribution is 2.16. The molecule has 102 valence electrons. The summed E-state index contributed by atoms with van der Waals surface area (Å²) in [6, 6.07) is 2.13. The predicted octanol–water partition coefficient (Wildman–Crippen LogP) is -1.11. The summed E-state index contributed by atoms with van der Waals surface area (Å²) >= 11 is 0. The molecule has 0 saturated heterocycles. The van der Waals surface area contributed by atoms with Crippen molar-refractivity contribution in [3.8, 4) is 5.75 Å². The molecule has 1 aliphatic rings. The van der Waals surface area contributed by atoms with Gasteiger partial charge < -0.3 is 10.8 Å². The van der Waals surface area contributed by atoms with E-state index in [1.54, 1.807) is 6.08 Å². The van der Waals surface area contributed by atoms with Gasteiger partial charge in [-0.05, 0) is 30.7 Å². The number of ketones is 1. The second kappa shape index (κ2) is 4.16. The summed E-state index contributed by atoms with van der Waals surface area (Å²) in [5.41, 5.74) is 4.67. The van der Waals surface area contributed by atoms with E-state index in [4.69, 9.17) is 10.3 Å². The Labute approximate surface area is 109 Å². The van der Waals surface area contributed by atoms with E-state index in [2.05, 4.69) is 0 Å². The van der Waals surface area contributed by atoms with Crippen molar-refractivity contribution in [3.63, 3.8) is 0 Å². The first-order valence-electron chi connectivity index (χ1n) is 5.47. The standard InChI is InChI=1S/C12H13NO5S/c1-7(14)12(13)3-2-10-8(6-12)4-9(5-11(10)15)19(16,17)18/h2,4-6,15H,3,13H2,1H3,(H,16,17,18). The number of hydrogen-bond donors (Lipinski definition) is 3. The highest BCUT2D eigenvalue weighted by Gasteiger charge is 2.29. The molecule has 0 spiro atoms. The molecule has 6 nitrogen and oxygen atoms in total. The van der Waals surface area contributed by atoms with Crippen LogP contribution in [0.2, 0.25) is 0 Å². The molecule has 0 aromatic heterocycles. The van der Waals surface area contributed by atoms with Crippen LogP contribution in [0.1, 0.15) is 13.3 Å². The van der Waals surface area contributed by atoms with Crippen LogP contribution >= 0.6 is 0 Å². The van der Waals surface area contributed by atoms with Gasteiger partial charge in [-0.15, -0.1) is 0 Å². The van der Waals surface area contributed by atoms with Crippen LogP contribution in [0.15, 0.2) is 17.0 Å². The molecule has 0 radical (unpaired) electrons. The molecule has 0 aliphatic heterocycles. The predicted molar refractivity (Wildman–Crippen MR) is 68.3 cm³/mol. The van der Waals surface area contributed by atoms with Crippen LogP contribution in [-0.2, 0) is 14.9 Å². The van der Waals surface area contributed by atoms with E-state index in [0.29, 0.717) is 10.4 Å². The zero-order chi connectivity index (χ0) is 14.4. The number of aromatic hydroxyl groups is 1. The van der Waals surface area contributed by atoms with E-state index < -0.39 is 20.6 Å². The van der Waals surface area contributed by atoms with Gasteiger partial charge in [0.1, 0.15) is 5.75 Å². The number of phenolic OH excluding ortho intramolecular Hbond substituents is 1. The number of Topliss-reactive ketones (excluding diaryl/α,β-unsaturated/α-hetero) is 1. The summed E-state index contributed by atoms with van der Waals surface area (Å²) < 4.78 is 31.2. The topological polar surface area (TPSA) is 118 Å².